The normalized spacial score (nSPS) is 8.00. The Hall–Kier alpha value is -1.90. The van der Waals surface area contributed by atoms with Gasteiger partial charge in [0, 0.05) is 35.0 Å². The minimum atomic E-state index is 0. The lowest BCUT2D eigenvalue weighted by molar-refractivity contribution is -0.345. The van der Waals surface area contributed by atoms with Crippen LogP contribution in [0, 0.1) is 0 Å². The van der Waals surface area contributed by atoms with Gasteiger partial charge in [-0.15, -0.1) is 0 Å². The SMILES string of the molecule is O.O.O.[Br-].[Br-].c1ccc2[nH+]cccc2c1.c1ccc2[nH+]cccc2c1. The lowest BCUT2D eigenvalue weighted by atomic mass is 10.2. The van der Waals surface area contributed by atoms with E-state index in [-0.39, 0.29) is 50.4 Å². The highest BCUT2D eigenvalue weighted by atomic mass is 79.9. The molecule has 5 nitrogen and oxygen atoms in total. The van der Waals surface area contributed by atoms with E-state index in [1.807, 2.05) is 48.8 Å². The van der Waals surface area contributed by atoms with Gasteiger partial charge < -0.3 is 50.4 Å². The second kappa shape index (κ2) is 14.4. The van der Waals surface area contributed by atoms with E-state index in [4.69, 9.17) is 0 Å². The molecule has 0 aliphatic carbocycles. The molecule has 0 saturated heterocycles. The smallest absolute Gasteiger partial charge is 0.210 e. The van der Waals surface area contributed by atoms with Crippen LogP contribution in [0.15, 0.2) is 85.2 Å². The molecule has 136 valence electrons. The summed E-state index contributed by atoms with van der Waals surface area (Å²) in [5.41, 5.74) is 2.37. The minimum absolute atomic E-state index is 0. The molecule has 0 unspecified atom stereocenters. The zero-order chi connectivity index (χ0) is 13.6. The van der Waals surface area contributed by atoms with Gasteiger partial charge in [-0.05, 0) is 24.3 Å². The molecule has 0 aliphatic heterocycles. The number of aromatic amines is 2. The summed E-state index contributed by atoms with van der Waals surface area (Å²) in [6, 6.07) is 24.6. The summed E-state index contributed by atoms with van der Waals surface area (Å²) in [5.74, 6) is 0. The van der Waals surface area contributed by atoms with Gasteiger partial charge in [-0.2, -0.15) is 0 Å². The third-order valence-corrected chi connectivity index (χ3v) is 3.14. The van der Waals surface area contributed by atoms with Crippen molar-refractivity contribution < 1.29 is 60.4 Å². The van der Waals surface area contributed by atoms with Crippen molar-refractivity contribution in [3.05, 3.63) is 85.2 Å². The van der Waals surface area contributed by atoms with Crippen LogP contribution in [0.1, 0.15) is 0 Å². The largest absolute Gasteiger partial charge is 1.00 e. The van der Waals surface area contributed by atoms with Crippen molar-refractivity contribution in [3.8, 4) is 0 Å². The summed E-state index contributed by atoms with van der Waals surface area (Å²) < 4.78 is 0. The van der Waals surface area contributed by atoms with Crippen LogP contribution in [0.5, 0.6) is 0 Å². The molecule has 0 fully saturated rings. The molecule has 25 heavy (non-hydrogen) atoms. The average molecular weight is 474 g/mol. The van der Waals surface area contributed by atoms with Crippen LogP contribution in [0.25, 0.3) is 21.8 Å². The Morgan fingerprint density at radius 3 is 1.12 bits per heavy atom. The molecule has 4 rings (SSSR count). The van der Waals surface area contributed by atoms with Gasteiger partial charge in [-0.25, -0.2) is 9.97 Å². The van der Waals surface area contributed by atoms with Gasteiger partial charge in [0.2, 0.25) is 11.0 Å². The molecule has 8 N–H and O–H groups in total. The fourth-order valence-electron chi connectivity index (χ4n) is 2.13. The van der Waals surface area contributed by atoms with E-state index in [9.17, 15) is 0 Å². The number of H-pyrrole nitrogens is 2. The number of para-hydroxylation sites is 2. The van der Waals surface area contributed by atoms with Crippen LogP contribution >= 0.6 is 0 Å². The number of pyridine rings is 2. The number of hydrogen-bond donors (Lipinski definition) is 0. The maximum atomic E-state index is 3.15. The Kier molecular flexibility index (Phi) is 16.1. The van der Waals surface area contributed by atoms with Crippen molar-refractivity contribution >= 4 is 21.8 Å². The lowest BCUT2D eigenvalue weighted by Gasteiger charge is -1.85. The van der Waals surface area contributed by atoms with Gasteiger partial charge in [-0.1, -0.05) is 24.3 Å². The maximum Gasteiger partial charge on any atom is 0.210 e. The Morgan fingerprint density at radius 2 is 0.760 bits per heavy atom. The molecule has 0 saturated carbocycles. The molecule has 7 heteroatoms. The van der Waals surface area contributed by atoms with Gasteiger partial charge in [-0.3, -0.25) is 0 Å². The average Bonchev–Trinajstić information content (AvgIpc) is 2.56. The summed E-state index contributed by atoms with van der Waals surface area (Å²) in [4.78, 5) is 6.30. The monoisotopic (exact) mass is 472 g/mol. The summed E-state index contributed by atoms with van der Waals surface area (Å²) in [5, 5.41) is 2.51. The van der Waals surface area contributed by atoms with Crippen LogP contribution in [0.4, 0.5) is 0 Å². The van der Waals surface area contributed by atoms with Gasteiger partial charge in [0.1, 0.15) is 0 Å². The Labute approximate surface area is 167 Å². The first-order valence-corrected chi connectivity index (χ1v) is 6.64. The van der Waals surface area contributed by atoms with E-state index in [0.717, 1.165) is 0 Å². The number of benzene rings is 2. The highest BCUT2D eigenvalue weighted by Gasteiger charge is 1.93. The predicted molar refractivity (Wildman–Crippen MR) is 91.8 cm³/mol. The van der Waals surface area contributed by atoms with Crippen LogP contribution in [-0.2, 0) is 0 Å². The predicted octanol–water partition coefficient (Wildman–Crippen LogP) is -5.16. The molecule has 0 spiro atoms. The molecule has 0 amide bonds. The van der Waals surface area contributed by atoms with Gasteiger partial charge in [0.15, 0.2) is 12.4 Å². The van der Waals surface area contributed by atoms with E-state index >= 15 is 0 Å². The van der Waals surface area contributed by atoms with Crippen LogP contribution < -0.4 is 43.9 Å². The number of fused-ring (bicyclic) bond motifs is 2. The van der Waals surface area contributed by atoms with Crippen molar-refractivity contribution in [3.63, 3.8) is 0 Å². The van der Waals surface area contributed by atoms with Gasteiger partial charge in [0.25, 0.3) is 0 Å². The molecule has 0 bridgehead atoms. The fourth-order valence-corrected chi connectivity index (χ4v) is 2.13. The molecule has 2 heterocycles. The van der Waals surface area contributed by atoms with Crippen molar-refractivity contribution in [2.45, 2.75) is 0 Å². The number of rotatable bonds is 0. The number of halogens is 2. The van der Waals surface area contributed by atoms with Crippen LogP contribution in [-0.4, -0.2) is 16.4 Å². The first kappa shape index (κ1) is 27.9. The Morgan fingerprint density at radius 1 is 0.440 bits per heavy atom. The van der Waals surface area contributed by atoms with E-state index in [1.54, 1.807) is 0 Å². The summed E-state index contributed by atoms with van der Waals surface area (Å²) in [6.07, 6.45) is 3.87. The quantitative estimate of drug-likeness (QED) is 0.242. The number of hydrogen-bond acceptors (Lipinski definition) is 0. The third kappa shape index (κ3) is 7.68. The second-order valence-corrected chi connectivity index (χ2v) is 4.51. The number of nitrogens with one attached hydrogen (secondary N) is 2. The highest BCUT2D eigenvalue weighted by molar-refractivity contribution is 5.75. The van der Waals surface area contributed by atoms with E-state index in [1.165, 1.54) is 21.8 Å². The zero-order valence-electron chi connectivity index (χ0n) is 13.3. The first-order chi connectivity index (χ1) is 9.93. The third-order valence-electron chi connectivity index (χ3n) is 3.14. The second-order valence-electron chi connectivity index (χ2n) is 4.51. The summed E-state index contributed by atoms with van der Waals surface area (Å²) in [7, 11) is 0. The van der Waals surface area contributed by atoms with E-state index in [2.05, 4.69) is 46.4 Å². The summed E-state index contributed by atoms with van der Waals surface area (Å²) >= 11 is 0. The van der Waals surface area contributed by atoms with Crippen LogP contribution in [0.2, 0.25) is 0 Å². The Bertz CT molecular complexity index is 646. The molecule has 4 aromatic rings. The van der Waals surface area contributed by atoms with E-state index < -0.39 is 0 Å². The molecule has 2 aromatic heterocycles. The van der Waals surface area contributed by atoms with Gasteiger partial charge in [0.05, 0.1) is 0 Å². The molecule has 0 atom stereocenters. The van der Waals surface area contributed by atoms with E-state index in [0.29, 0.717) is 0 Å². The lowest BCUT2D eigenvalue weighted by Crippen LogP contribution is -3.00. The van der Waals surface area contributed by atoms with Crippen molar-refractivity contribution in [1.82, 2.24) is 0 Å². The topological polar surface area (TPSA) is 123 Å². The van der Waals surface area contributed by atoms with Crippen molar-refractivity contribution in [2.75, 3.05) is 0 Å². The van der Waals surface area contributed by atoms with Crippen LogP contribution in [0.3, 0.4) is 0 Å². The fraction of sp³-hybridized carbons (Fsp3) is 0. The minimum Gasteiger partial charge on any atom is -1.00 e. The Balaban J connectivity index is -0.000000323. The van der Waals surface area contributed by atoms with Gasteiger partial charge >= 0.3 is 0 Å². The van der Waals surface area contributed by atoms with Crippen molar-refractivity contribution in [1.29, 1.82) is 0 Å². The molecular weight excluding hydrogens is 452 g/mol. The standard InChI is InChI=1S/2C9H7N.2BrH.3H2O/c2*1-2-6-9-8(4-1)5-3-7-10-9;;;;;/h2*1-7H;2*1H;3*1H2. The zero-order valence-corrected chi connectivity index (χ0v) is 16.5. The molecule has 0 radical (unpaired) electrons. The summed E-state index contributed by atoms with van der Waals surface area (Å²) in [6.45, 7) is 0. The highest BCUT2D eigenvalue weighted by Crippen LogP contribution is 2.05. The number of aromatic nitrogens is 2. The maximum absolute atomic E-state index is 3.15. The van der Waals surface area contributed by atoms with Crippen molar-refractivity contribution in [2.24, 2.45) is 0 Å². The molecular formula is C18H22Br2N2O3. The first-order valence-electron chi connectivity index (χ1n) is 6.64. The molecule has 2 aromatic carbocycles. The molecule has 0 aliphatic rings.